The number of benzene rings is 1. The lowest BCUT2D eigenvalue weighted by molar-refractivity contribution is -0.137. The number of alkyl halides is 3. The maximum absolute atomic E-state index is 12.7. The number of aromatic nitrogens is 1. The summed E-state index contributed by atoms with van der Waals surface area (Å²) in [5, 5.41) is 0. The van der Waals surface area contributed by atoms with Gasteiger partial charge in [-0.2, -0.15) is 13.2 Å². The van der Waals surface area contributed by atoms with Crippen LogP contribution in [0.15, 0.2) is 48.7 Å². The predicted molar refractivity (Wildman–Crippen MR) is 75.7 cm³/mol. The summed E-state index contributed by atoms with van der Waals surface area (Å²) in [5.41, 5.74) is 1.04. The van der Waals surface area contributed by atoms with Crippen molar-refractivity contribution in [2.24, 2.45) is 0 Å². The molecule has 0 radical (unpaired) electrons. The number of halogens is 3. The fourth-order valence-corrected chi connectivity index (χ4v) is 2.09. The second kappa shape index (κ2) is 6.72. The fraction of sp³-hybridized carbons (Fsp3) is 0.312. The highest BCUT2D eigenvalue weighted by Crippen LogP contribution is 2.29. The number of likely N-dealkylation sites (N-methyl/N-ethyl adjacent to an activating group) is 1. The van der Waals surface area contributed by atoms with E-state index in [0.29, 0.717) is 12.1 Å². The fourth-order valence-electron chi connectivity index (χ4n) is 2.09. The van der Waals surface area contributed by atoms with Gasteiger partial charge in [-0.15, -0.1) is 0 Å². The molecule has 0 fully saturated rings. The van der Waals surface area contributed by atoms with Crippen molar-refractivity contribution < 1.29 is 13.2 Å². The summed E-state index contributed by atoms with van der Waals surface area (Å²) >= 11 is 0. The summed E-state index contributed by atoms with van der Waals surface area (Å²) in [7, 11) is 1.89. The summed E-state index contributed by atoms with van der Waals surface area (Å²) in [6.45, 7) is 1.23. The number of hydrogen-bond acceptors (Lipinski definition) is 2. The van der Waals surface area contributed by atoms with Gasteiger partial charge in [-0.1, -0.05) is 24.3 Å². The molecule has 21 heavy (non-hydrogen) atoms. The monoisotopic (exact) mass is 294 g/mol. The predicted octanol–water partition coefficient (Wildman–Crippen LogP) is 3.77. The topological polar surface area (TPSA) is 16.1 Å². The maximum atomic E-state index is 12.7. The Hall–Kier alpha value is -1.88. The SMILES string of the molecule is CN(CCc1ccccn1)Cc1cccc(C(F)(F)F)c1. The van der Waals surface area contributed by atoms with Crippen LogP contribution < -0.4 is 0 Å². The van der Waals surface area contributed by atoms with Crippen molar-refractivity contribution in [1.82, 2.24) is 9.88 Å². The first-order chi connectivity index (χ1) is 9.95. The Morgan fingerprint density at radius 2 is 1.90 bits per heavy atom. The zero-order valence-corrected chi connectivity index (χ0v) is 11.8. The highest BCUT2D eigenvalue weighted by Gasteiger charge is 2.30. The van der Waals surface area contributed by atoms with Gasteiger partial charge in [-0.25, -0.2) is 0 Å². The largest absolute Gasteiger partial charge is 0.416 e. The third-order valence-electron chi connectivity index (χ3n) is 3.18. The number of pyridine rings is 1. The Balaban J connectivity index is 1.92. The van der Waals surface area contributed by atoms with Gasteiger partial charge in [-0.05, 0) is 30.8 Å². The van der Waals surface area contributed by atoms with Crippen molar-refractivity contribution in [2.45, 2.75) is 19.1 Å². The van der Waals surface area contributed by atoms with Crippen LogP contribution in [0.25, 0.3) is 0 Å². The van der Waals surface area contributed by atoms with Gasteiger partial charge >= 0.3 is 6.18 Å². The van der Waals surface area contributed by atoms with E-state index in [2.05, 4.69) is 4.98 Å². The van der Waals surface area contributed by atoms with Crippen LogP contribution >= 0.6 is 0 Å². The smallest absolute Gasteiger partial charge is 0.302 e. The standard InChI is InChI=1S/C16H17F3N2/c1-21(10-8-15-7-2-3-9-20-15)12-13-5-4-6-14(11-13)16(17,18)19/h2-7,9,11H,8,10,12H2,1H3. The average molecular weight is 294 g/mol. The molecule has 0 saturated heterocycles. The first kappa shape index (κ1) is 15.5. The van der Waals surface area contributed by atoms with Crippen molar-refractivity contribution in [3.05, 3.63) is 65.5 Å². The first-order valence-electron chi connectivity index (χ1n) is 6.70. The minimum Gasteiger partial charge on any atom is -0.302 e. The van der Waals surface area contributed by atoms with E-state index < -0.39 is 11.7 Å². The Kier molecular flexibility index (Phi) is 4.96. The van der Waals surface area contributed by atoms with E-state index >= 15 is 0 Å². The molecule has 2 nitrogen and oxygen atoms in total. The van der Waals surface area contributed by atoms with E-state index in [4.69, 9.17) is 0 Å². The second-order valence-electron chi connectivity index (χ2n) is 5.01. The molecule has 0 spiro atoms. The van der Waals surface area contributed by atoms with Gasteiger partial charge < -0.3 is 4.90 Å². The van der Waals surface area contributed by atoms with Crippen molar-refractivity contribution in [3.8, 4) is 0 Å². The molecule has 0 aliphatic carbocycles. The normalized spacial score (nSPS) is 11.9. The molecule has 1 aromatic carbocycles. The summed E-state index contributed by atoms with van der Waals surface area (Å²) < 4.78 is 38.0. The van der Waals surface area contributed by atoms with Crippen LogP contribution in [0.2, 0.25) is 0 Å². The molecule has 0 aliphatic rings. The van der Waals surface area contributed by atoms with Crippen molar-refractivity contribution in [3.63, 3.8) is 0 Å². The summed E-state index contributed by atoms with van der Waals surface area (Å²) in [6, 6.07) is 11.2. The average Bonchev–Trinajstić information content (AvgIpc) is 2.46. The van der Waals surface area contributed by atoms with Crippen LogP contribution in [0.3, 0.4) is 0 Å². The number of rotatable bonds is 5. The molecule has 0 bridgehead atoms. The van der Waals surface area contributed by atoms with E-state index in [0.717, 1.165) is 24.7 Å². The zero-order valence-electron chi connectivity index (χ0n) is 11.8. The van der Waals surface area contributed by atoms with E-state index in [1.165, 1.54) is 12.1 Å². The minimum absolute atomic E-state index is 0.483. The molecule has 0 N–H and O–H groups in total. The first-order valence-corrected chi connectivity index (χ1v) is 6.70. The molecular formula is C16H17F3N2. The third-order valence-corrected chi connectivity index (χ3v) is 3.18. The Morgan fingerprint density at radius 1 is 1.10 bits per heavy atom. The second-order valence-corrected chi connectivity index (χ2v) is 5.01. The van der Waals surface area contributed by atoms with Crippen molar-refractivity contribution in [1.29, 1.82) is 0 Å². The molecule has 0 saturated carbocycles. The minimum atomic E-state index is -4.29. The summed E-state index contributed by atoms with van der Waals surface area (Å²) in [4.78, 5) is 6.22. The van der Waals surface area contributed by atoms with E-state index in [9.17, 15) is 13.2 Å². The lowest BCUT2D eigenvalue weighted by atomic mass is 10.1. The highest BCUT2D eigenvalue weighted by atomic mass is 19.4. The van der Waals surface area contributed by atoms with Crippen LogP contribution in [-0.2, 0) is 19.1 Å². The van der Waals surface area contributed by atoms with E-state index in [1.54, 1.807) is 12.3 Å². The third kappa shape index (κ3) is 4.86. The van der Waals surface area contributed by atoms with Crippen LogP contribution in [0.1, 0.15) is 16.8 Å². The van der Waals surface area contributed by atoms with Crippen LogP contribution in [-0.4, -0.2) is 23.5 Å². The summed E-state index contributed by atoms with van der Waals surface area (Å²) in [6.07, 6.45) is -1.78. The quantitative estimate of drug-likeness (QED) is 0.834. The van der Waals surface area contributed by atoms with Gasteiger partial charge in [0, 0.05) is 31.4 Å². The van der Waals surface area contributed by atoms with Gasteiger partial charge in [0.1, 0.15) is 0 Å². The van der Waals surface area contributed by atoms with Gasteiger partial charge in [-0.3, -0.25) is 4.98 Å². The van der Waals surface area contributed by atoms with Crippen molar-refractivity contribution >= 4 is 0 Å². The number of hydrogen-bond donors (Lipinski definition) is 0. The van der Waals surface area contributed by atoms with Gasteiger partial charge in [0.2, 0.25) is 0 Å². The molecular weight excluding hydrogens is 277 g/mol. The Morgan fingerprint density at radius 3 is 2.57 bits per heavy atom. The molecule has 0 atom stereocenters. The molecule has 0 amide bonds. The molecule has 2 rings (SSSR count). The zero-order chi connectivity index (χ0) is 15.3. The van der Waals surface area contributed by atoms with E-state index in [1.807, 2.05) is 30.1 Å². The lowest BCUT2D eigenvalue weighted by Crippen LogP contribution is -2.21. The van der Waals surface area contributed by atoms with Gasteiger partial charge in [0.25, 0.3) is 0 Å². The molecule has 112 valence electrons. The van der Waals surface area contributed by atoms with Crippen LogP contribution in [0.4, 0.5) is 13.2 Å². The van der Waals surface area contributed by atoms with Crippen molar-refractivity contribution in [2.75, 3.05) is 13.6 Å². The Bertz CT molecular complexity index is 567. The molecule has 0 aliphatic heterocycles. The molecule has 0 unspecified atom stereocenters. The van der Waals surface area contributed by atoms with Crippen LogP contribution in [0.5, 0.6) is 0 Å². The van der Waals surface area contributed by atoms with Gasteiger partial charge in [0.05, 0.1) is 5.56 Å². The molecule has 1 heterocycles. The van der Waals surface area contributed by atoms with Gasteiger partial charge in [0.15, 0.2) is 0 Å². The lowest BCUT2D eigenvalue weighted by Gasteiger charge is -2.17. The number of nitrogens with zero attached hydrogens (tertiary/aromatic N) is 2. The van der Waals surface area contributed by atoms with Crippen LogP contribution in [0, 0.1) is 0 Å². The highest BCUT2D eigenvalue weighted by molar-refractivity contribution is 5.25. The maximum Gasteiger partial charge on any atom is 0.416 e. The van der Waals surface area contributed by atoms with E-state index in [-0.39, 0.29) is 0 Å². The Labute approximate surface area is 122 Å². The molecule has 5 heteroatoms. The molecule has 2 aromatic rings. The summed E-state index contributed by atoms with van der Waals surface area (Å²) in [5.74, 6) is 0. The molecule has 1 aromatic heterocycles.